The summed E-state index contributed by atoms with van der Waals surface area (Å²) in [6.45, 7) is 0. The van der Waals surface area contributed by atoms with Crippen molar-refractivity contribution in [3.05, 3.63) is 47.8 Å². The second-order valence-corrected chi connectivity index (χ2v) is 4.62. The SMILES string of the molecule is C#CCCCC(NC)c1ccc(F)c2ccccc12. The highest BCUT2D eigenvalue weighted by Crippen LogP contribution is 2.28. The van der Waals surface area contributed by atoms with Gasteiger partial charge in [-0.3, -0.25) is 0 Å². The van der Waals surface area contributed by atoms with E-state index >= 15 is 0 Å². The van der Waals surface area contributed by atoms with Gasteiger partial charge in [0.05, 0.1) is 0 Å². The minimum Gasteiger partial charge on any atom is -0.313 e. The summed E-state index contributed by atoms with van der Waals surface area (Å²) in [7, 11) is 1.93. The van der Waals surface area contributed by atoms with E-state index in [1.165, 1.54) is 0 Å². The molecule has 0 aliphatic rings. The molecule has 0 aliphatic heterocycles. The number of hydrogen-bond acceptors (Lipinski definition) is 1. The molecule has 0 heterocycles. The predicted octanol–water partition coefficient (Wildman–Crippen LogP) is 4.04. The maximum atomic E-state index is 13.8. The van der Waals surface area contributed by atoms with Gasteiger partial charge in [0.2, 0.25) is 0 Å². The molecule has 0 spiro atoms. The van der Waals surface area contributed by atoms with E-state index in [1.54, 1.807) is 6.07 Å². The lowest BCUT2D eigenvalue weighted by Gasteiger charge is -2.18. The van der Waals surface area contributed by atoms with Gasteiger partial charge in [0.15, 0.2) is 0 Å². The summed E-state index contributed by atoms with van der Waals surface area (Å²) in [5.74, 6) is 2.49. The Morgan fingerprint density at radius 2 is 1.95 bits per heavy atom. The lowest BCUT2D eigenvalue weighted by atomic mass is 9.95. The molecule has 0 aromatic heterocycles. The van der Waals surface area contributed by atoms with E-state index in [-0.39, 0.29) is 11.9 Å². The number of hydrogen-bond donors (Lipinski definition) is 1. The van der Waals surface area contributed by atoms with Crippen LogP contribution in [0.3, 0.4) is 0 Å². The lowest BCUT2D eigenvalue weighted by molar-refractivity contribution is 0.534. The molecule has 1 N–H and O–H groups in total. The average Bonchev–Trinajstić information content (AvgIpc) is 2.45. The fraction of sp³-hybridized carbons (Fsp3) is 0.294. The quantitative estimate of drug-likeness (QED) is 0.628. The minimum atomic E-state index is -0.169. The number of benzene rings is 2. The summed E-state index contributed by atoms with van der Waals surface area (Å²) in [5, 5.41) is 4.95. The standard InChI is InChI=1S/C17H18FN/c1-3-4-5-10-17(19-2)15-11-12-16(18)14-9-7-6-8-13(14)15/h1,6-9,11-12,17,19H,4-5,10H2,2H3. The van der Waals surface area contributed by atoms with Crippen molar-refractivity contribution in [2.24, 2.45) is 0 Å². The van der Waals surface area contributed by atoms with Crippen LogP contribution in [0.2, 0.25) is 0 Å². The molecule has 0 bridgehead atoms. The van der Waals surface area contributed by atoms with Gasteiger partial charge in [0.1, 0.15) is 5.82 Å². The molecular weight excluding hydrogens is 237 g/mol. The zero-order valence-corrected chi connectivity index (χ0v) is 11.1. The molecule has 19 heavy (non-hydrogen) atoms. The van der Waals surface area contributed by atoms with Crippen molar-refractivity contribution in [3.63, 3.8) is 0 Å². The summed E-state index contributed by atoms with van der Waals surface area (Å²) < 4.78 is 13.8. The molecule has 0 saturated carbocycles. The van der Waals surface area contributed by atoms with Crippen molar-refractivity contribution in [1.29, 1.82) is 0 Å². The molecule has 0 radical (unpaired) electrons. The highest BCUT2D eigenvalue weighted by atomic mass is 19.1. The summed E-state index contributed by atoms with van der Waals surface area (Å²) in [4.78, 5) is 0. The molecule has 0 aliphatic carbocycles. The first-order valence-corrected chi connectivity index (χ1v) is 6.55. The molecule has 0 fully saturated rings. The van der Waals surface area contributed by atoms with E-state index in [4.69, 9.17) is 6.42 Å². The van der Waals surface area contributed by atoms with Crippen LogP contribution in [-0.4, -0.2) is 7.05 Å². The summed E-state index contributed by atoms with van der Waals surface area (Å²) in [5.41, 5.74) is 1.14. The van der Waals surface area contributed by atoms with E-state index < -0.39 is 0 Å². The third-order valence-corrected chi connectivity index (χ3v) is 3.44. The van der Waals surface area contributed by atoms with E-state index in [2.05, 4.69) is 11.2 Å². The van der Waals surface area contributed by atoms with Crippen LogP contribution in [-0.2, 0) is 0 Å². The molecule has 0 saturated heterocycles. The maximum absolute atomic E-state index is 13.8. The lowest BCUT2D eigenvalue weighted by Crippen LogP contribution is -2.16. The number of terminal acetylenes is 1. The van der Waals surface area contributed by atoms with Crippen LogP contribution < -0.4 is 5.32 Å². The number of fused-ring (bicyclic) bond motifs is 1. The van der Waals surface area contributed by atoms with Crippen LogP contribution in [0.4, 0.5) is 4.39 Å². The molecule has 1 atom stereocenters. The van der Waals surface area contributed by atoms with Gasteiger partial charge in [-0.25, -0.2) is 4.39 Å². The van der Waals surface area contributed by atoms with Gasteiger partial charge in [-0.15, -0.1) is 12.3 Å². The zero-order chi connectivity index (χ0) is 13.7. The molecule has 98 valence electrons. The highest BCUT2D eigenvalue weighted by Gasteiger charge is 2.13. The summed E-state index contributed by atoms with van der Waals surface area (Å²) in [6, 6.07) is 11.2. The van der Waals surface area contributed by atoms with E-state index in [0.717, 1.165) is 30.2 Å². The van der Waals surface area contributed by atoms with Gasteiger partial charge in [-0.05, 0) is 36.9 Å². The highest BCUT2D eigenvalue weighted by molar-refractivity contribution is 5.86. The Kier molecular flexibility index (Phi) is 4.54. The van der Waals surface area contributed by atoms with Gasteiger partial charge in [0.25, 0.3) is 0 Å². The Morgan fingerprint density at radius 1 is 1.21 bits per heavy atom. The van der Waals surface area contributed by atoms with Crippen molar-refractivity contribution in [3.8, 4) is 12.3 Å². The molecular formula is C17H18FN. The van der Waals surface area contributed by atoms with Gasteiger partial charge in [-0.2, -0.15) is 0 Å². The van der Waals surface area contributed by atoms with Gasteiger partial charge >= 0.3 is 0 Å². The molecule has 0 amide bonds. The number of nitrogens with one attached hydrogen (secondary N) is 1. The number of unbranched alkanes of at least 4 members (excludes halogenated alkanes) is 1. The van der Waals surface area contributed by atoms with E-state index in [0.29, 0.717) is 5.39 Å². The van der Waals surface area contributed by atoms with Crippen molar-refractivity contribution < 1.29 is 4.39 Å². The molecule has 2 aromatic rings. The van der Waals surface area contributed by atoms with Gasteiger partial charge in [-0.1, -0.05) is 30.3 Å². The molecule has 2 aromatic carbocycles. The van der Waals surface area contributed by atoms with Crippen molar-refractivity contribution in [2.45, 2.75) is 25.3 Å². The van der Waals surface area contributed by atoms with Crippen molar-refractivity contribution in [1.82, 2.24) is 5.32 Å². The smallest absolute Gasteiger partial charge is 0.131 e. The molecule has 2 heteroatoms. The van der Waals surface area contributed by atoms with Crippen LogP contribution >= 0.6 is 0 Å². The Bertz CT molecular complexity index is 598. The molecule has 1 unspecified atom stereocenters. The van der Waals surface area contributed by atoms with Crippen LogP contribution in [0.5, 0.6) is 0 Å². The van der Waals surface area contributed by atoms with Gasteiger partial charge in [0, 0.05) is 17.8 Å². The first-order valence-electron chi connectivity index (χ1n) is 6.55. The van der Waals surface area contributed by atoms with E-state index in [1.807, 2.05) is 37.4 Å². The first-order chi connectivity index (χ1) is 9.27. The minimum absolute atomic E-state index is 0.169. The number of rotatable bonds is 5. The second-order valence-electron chi connectivity index (χ2n) is 4.62. The third kappa shape index (κ3) is 2.94. The Balaban J connectivity index is 2.38. The Morgan fingerprint density at radius 3 is 2.63 bits per heavy atom. The van der Waals surface area contributed by atoms with Crippen LogP contribution in [0.25, 0.3) is 10.8 Å². The predicted molar refractivity (Wildman–Crippen MR) is 78.4 cm³/mol. The number of halogens is 1. The van der Waals surface area contributed by atoms with Crippen LogP contribution in [0.1, 0.15) is 30.9 Å². The summed E-state index contributed by atoms with van der Waals surface area (Å²) >= 11 is 0. The monoisotopic (exact) mass is 255 g/mol. The first kappa shape index (κ1) is 13.6. The normalized spacial score (nSPS) is 12.3. The Labute approximate surface area is 113 Å². The molecule has 2 rings (SSSR count). The van der Waals surface area contributed by atoms with E-state index in [9.17, 15) is 4.39 Å². The fourth-order valence-corrected chi connectivity index (χ4v) is 2.45. The van der Waals surface area contributed by atoms with Crippen molar-refractivity contribution in [2.75, 3.05) is 7.05 Å². The third-order valence-electron chi connectivity index (χ3n) is 3.44. The largest absolute Gasteiger partial charge is 0.313 e. The average molecular weight is 255 g/mol. The summed E-state index contributed by atoms with van der Waals surface area (Å²) in [6.07, 6.45) is 7.98. The van der Waals surface area contributed by atoms with Crippen molar-refractivity contribution >= 4 is 10.8 Å². The van der Waals surface area contributed by atoms with Crippen LogP contribution in [0.15, 0.2) is 36.4 Å². The second kappa shape index (κ2) is 6.36. The molecule has 1 nitrogen and oxygen atoms in total. The van der Waals surface area contributed by atoms with Crippen LogP contribution in [0, 0.1) is 18.2 Å². The zero-order valence-electron chi connectivity index (χ0n) is 11.1. The fourth-order valence-electron chi connectivity index (χ4n) is 2.45. The van der Waals surface area contributed by atoms with Gasteiger partial charge < -0.3 is 5.32 Å². The maximum Gasteiger partial charge on any atom is 0.131 e. The Hall–Kier alpha value is -1.85. The topological polar surface area (TPSA) is 12.0 Å².